The van der Waals surface area contributed by atoms with Crippen molar-refractivity contribution in [2.24, 2.45) is 5.92 Å². The summed E-state index contributed by atoms with van der Waals surface area (Å²) in [4.78, 5) is 22.7. The molecule has 1 aromatic carbocycles. The lowest BCUT2D eigenvalue weighted by molar-refractivity contribution is -0.384. The minimum absolute atomic E-state index is 0.101. The minimum atomic E-state index is -0.507. The van der Waals surface area contributed by atoms with Gasteiger partial charge in [-0.15, -0.1) is 10.2 Å². The zero-order valence-corrected chi connectivity index (χ0v) is 15.7. The van der Waals surface area contributed by atoms with E-state index in [4.69, 9.17) is 0 Å². The molecular weight excluding hydrogens is 362 g/mol. The number of carbonyl (C=O) groups is 1. The van der Waals surface area contributed by atoms with Gasteiger partial charge in [-0.25, -0.2) is 0 Å². The molecule has 0 saturated heterocycles. The van der Waals surface area contributed by atoms with Crippen molar-refractivity contribution >= 4 is 45.5 Å². The molecule has 1 amide bonds. The normalized spacial score (nSPS) is 10.7. The molecule has 134 valence electrons. The second kappa shape index (κ2) is 8.77. The molecule has 0 aliphatic rings. The van der Waals surface area contributed by atoms with Crippen LogP contribution in [0.2, 0.25) is 0 Å². The fourth-order valence-corrected chi connectivity index (χ4v) is 3.46. The maximum atomic E-state index is 12.1. The largest absolute Gasteiger partial charge is 0.360 e. The van der Waals surface area contributed by atoms with Gasteiger partial charge in [-0.1, -0.05) is 49.1 Å². The van der Waals surface area contributed by atoms with Crippen LogP contribution in [0.25, 0.3) is 0 Å². The van der Waals surface area contributed by atoms with Crippen molar-refractivity contribution in [3.8, 4) is 0 Å². The zero-order valence-electron chi connectivity index (χ0n) is 14.1. The topological polar surface area (TPSA) is 110 Å². The quantitative estimate of drug-likeness (QED) is 0.409. The molecule has 0 bridgehead atoms. The van der Waals surface area contributed by atoms with Crippen molar-refractivity contribution in [1.29, 1.82) is 0 Å². The Morgan fingerprint density at radius 3 is 2.84 bits per heavy atom. The van der Waals surface area contributed by atoms with Gasteiger partial charge in [0.2, 0.25) is 11.0 Å². The van der Waals surface area contributed by atoms with E-state index in [-0.39, 0.29) is 23.0 Å². The molecule has 2 rings (SSSR count). The average Bonchev–Trinajstić information content (AvgIpc) is 3.00. The van der Waals surface area contributed by atoms with Crippen LogP contribution < -0.4 is 10.6 Å². The first-order chi connectivity index (χ1) is 11.9. The van der Waals surface area contributed by atoms with Crippen LogP contribution in [0.1, 0.15) is 19.4 Å². The fourth-order valence-electron chi connectivity index (χ4n) is 1.90. The zero-order chi connectivity index (χ0) is 18.4. The fraction of sp³-hybridized carbons (Fsp3) is 0.400. The molecular formula is C15H19N5O3S2. The van der Waals surface area contributed by atoms with E-state index in [1.54, 1.807) is 19.1 Å². The smallest absolute Gasteiger partial charge is 0.293 e. The number of nitro benzene ring substituents is 1. The highest BCUT2D eigenvalue weighted by atomic mass is 32.2. The number of thioether (sulfide) groups is 1. The second-order valence-corrected chi connectivity index (χ2v) is 7.91. The number of aryl methyl sites for hydroxylation is 1. The summed E-state index contributed by atoms with van der Waals surface area (Å²) in [5.41, 5.74) is 0.757. The number of hydrogen-bond acceptors (Lipinski definition) is 8. The Balaban J connectivity index is 1.93. The predicted molar refractivity (Wildman–Crippen MR) is 100 cm³/mol. The highest BCUT2D eigenvalue weighted by Gasteiger charge is 2.18. The van der Waals surface area contributed by atoms with Crippen molar-refractivity contribution in [3.05, 3.63) is 33.9 Å². The molecule has 0 unspecified atom stereocenters. The summed E-state index contributed by atoms with van der Waals surface area (Å²) in [6, 6.07) is 4.67. The van der Waals surface area contributed by atoms with Gasteiger partial charge in [0.15, 0.2) is 4.34 Å². The van der Waals surface area contributed by atoms with E-state index in [1.165, 1.54) is 29.2 Å². The number of amides is 1. The van der Waals surface area contributed by atoms with Crippen molar-refractivity contribution in [1.82, 2.24) is 10.2 Å². The van der Waals surface area contributed by atoms with E-state index < -0.39 is 4.92 Å². The van der Waals surface area contributed by atoms with Gasteiger partial charge in [0.1, 0.15) is 5.69 Å². The van der Waals surface area contributed by atoms with Gasteiger partial charge in [-0.3, -0.25) is 14.9 Å². The van der Waals surface area contributed by atoms with Gasteiger partial charge in [-0.2, -0.15) is 0 Å². The Hall–Kier alpha value is -2.20. The third kappa shape index (κ3) is 5.68. The molecule has 0 aliphatic heterocycles. The maximum absolute atomic E-state index is 12.1. The highest BCUT2D eigenvalue weighted by molar-refractivity contribution is 8.01. The second-order valence-electron chi connectivity index (χ2n) is 5.71. The van der Waals surface area contributed by atoms with Gasteiger partial charge in [0.25, 0.3) is 5.69 Å². The van der Waals surface area contributed by atoms with Crippen molar-refractivity contribution < 1.29 is 9.72 Å². The standard InChI is InChI=1S/C15H19N5O3S2/c1-9(2)7-16-14-18-19-15(25-14)24-8-12(21)17-13-10(3)5-4-6-11(13)20(22)23/h4-6,9H,7-8H2,1-3H3,(H,16,18)(H,17,21). The van der Waals surface area contributed by atoms with Crippen LogP contribution in [0.15, 0.2) is 22.5 Å². The molecule has 0 spiro atoms. The lowest BCUT2D eigenvalue weighted by Crippen LogP contribution is -2.16. The van der Waals surface area contributed by atoms with Crippen LogP contribution >= 0.6 is 23.1 Å². The van der Waals surface area contributed by atoms with E-state index in [0.29, 0.717) is 21.0 Å². The van der Waals surface area contributed by atoms with Crippen LogP contribution in [-0.4, -0.2) is 33.3 Å². The third-order valence-electron chi connectivity index (χ3n) is 3.11. The number of para-hydroxylation sites is 1. The summed E-state index contributed by atoms with van der Waals surface area (Å²) in [5, 5.41) is 25.6. The molecule has 0 saturated carbocycles. The summed E-state index contributed by atoms with van der Waals surface area (Å²) in [5.74, 6) is 0.273. The summed E-state index contributed by atoms with van der Waals surface area (Å²) in [7, 11) is 0. The van der Waals surface area contributed by atoms with E-state index in [9.17, 15) is 14.9 Å². The molecule has 25 heavy (non-hydrogen) atoms. The molecule has 0 fully saturated rings. The number of aromatic nitrogens is 2. The Bertz CT molecular complexity index is 763. The average molecular weight is 381 g/mol. The molecule has 0 aliphatic carbocycles. The Kier molecular flexibility index (Phi) is 6.71. The number of nitrogens with one attached hydrogen (secondary N) is 2. The number of carbonyl (C=O) groups excluding carboxylic acids is 1. The highest BCUT2D eigenvalue weighted by Crippen LogP contribution is 2.29. The first-order valence-corrected chi connectivity index (χ1v) is 9.41. The first kappa shape index (κ1) is 19.1. The number of nitro groups is 1. The van der Waals surface area contributed by atoms with Crippen molar-refractivity contribution in [3.63, 3.8) is 0 Å². The summed E-state index contributed by atoms with van der Waals surface area (Å²) in [6.07, 6.45) is 0. The lowest BCUT2D eigenvalue weighted by atomic mass is 10.1. The SMILES string of the molecule is Cc1cccc([N+](=O)[O-])c1NC(=O)CSc1nnc(NCC(C)C)s1. The van der Waals surface area contributed by atoms with Gasteiger partial charge in [-0.05, 0) is 18.4 Å². The summed E-state index contributed by atoms with van der Waals surface area (Å²) < 4.78 is 0.667. The Morgan fingerprint density at radius 2 is 2.16 bits per heavy atom. The lowest BCUT2D eigenvalue weighted by Gasteiger charge is -2.08. The van der Waals surface area contributed by atoms with Crippen molar-refractivity contribution in [2.45, 2.75) is 25.1 Å². The number of nitrogens with zero attached hydrogens (tertiary/aromatic N) is 3. The Morgan fingerprint density at radius 1 is 1.40 bits per heavy atom. The number of benzene rings is 1. The van der Waals surface area contributed by atoms with Crippen molar-refractivity contribution in [2.75, 3.05) is 22.9 Å². The number of rotatable bonds is 8. The molecule has 2 N–H and O–H groups in total. The molecule has 1 aromatic heterocycles. The summed E-state index contributed by atoms with van der Waals surface area (Å²) in [6.45, 7) is 6.71. The number of hydrogen-bond donors (Lipinski definition) is 2. The van der Waals surface area contributed by atoms with Gasteiger partial charge >= 0.3 is 0 Å². The molecule has 1 heterocycles. The first-order valence-electron chi connectivity index (χ1n) is 7.61. The predicted octanol–water partition coefficient (Wildman–Crippen LogP) is 3.55. The van der Waals surface area contributed by atoms with E-state index >= 15 is 0 Å². The van der Waals surface area contributed by atoms with Gasteiger partial charge in [0, 0.05) is 12.6 Å². The van der Waals surface area contributed by atoms with E-state index in [1.807, 2.05) is 0 Å². The van der Waals surface area contributed by atoms with Gasteiger partial charge < -0.3 is 10.6 Å². The van der Waals surface area contributed by atoms with Crippen LogP contribution in [0.4, 0.5) is 16.5 Å². The van der Waals surface area contributed by atoms with Crippen LogP contribution in [-0.2, 0) is 4.79 Å². The van der Waals surface area contributed by atoms with Crippen LogP contribution in [0.3, 0.4) is 0 Å². The molecule has 2 aromatic rings. The molecule has 8 nitrogen and oxygen atoms in total. The Labute approximate surface area is 153 Å². The third-order valence-corrected chi connectivity index (χ3v) is 5.12. The van der Waals surface area contributed by atoms with E-state index in [2.05, 4.69) is 34.7 Å². The maximum Gasteiger partial charge on any atom is 0.293 e. The molecule has 0 atom stereocenters. The number of anilines is 2. The van der Waals surface area contributed by atoms with Crippen LogP contribution in [0.5, 0.6) is 0 Å². The van der Waals surface area contributed by atoms with Gasteiger partial charge in [0.05, 0.1) is 10.7 Å². The van der Waals surface area contributed by atoms with Crippen LogP contribution in [0, 0.1) is 23.0 Å². The van der Waals surface area contributed by atoms with E-state index in [0.717, 1.165) is 6.54 Å². The minimum Gasteiger partial charge on any atom is -0.360 e. The summed E-state index contributed by atoms with van der Waals surface area (Å²) >= 11 is 2.62. The molecule has 10 heteroatoms. The molecule has 0 radical (unpaired) electrons. The monoisotopic (exact) mass is 381 g/mol.